The van der Waals surface area contributed by atoms with Crippen LogP contribution >= 0.6 is 23.2 Å². The maximum atomic E-state index is 10.7. The number of rotatable bonds is 9. The van der Waals surface area contributed by atoms with Gasteiger partial charge in [-0.05, 0) is 18.2 Å². The van der Waals surface area contributed by atoms with Crippen molar-refractivity contribution in [1.29, 1.82) is 0 Å². The number of aliphatic carboxylic acids is 1. The van der Waals surface area contributed by atoms with Crippen molar-refractivity contribution in [3.05, 3.63) is 28.2 Å². The van der Waals surface area contributed by atoms with Crippen LogP contribution in [0.2, 0.25) is 10.0 Å². The highest BCUT2D eigenvalue weighted by Crippen LogP contribution is 2.27. The predicted molar refractivity (Wildman–Crippen MR) is 77.9 cm³/mol. The molecule has 0 bridgehead atoms. The van der Waals surface area contributed by atoms with Crippen molar-refractivity contribution in [3.63, 3.8) is 0 Å². The first-order chi connectivity index (χ1) is 9.52. The molecular weight excluding hydrogens is 305 g/mol. The van der Waals surface area contributed by atoms with Crippen LogP contribution in [-0.2, 0) is 9.53 Å². The van der Waals surface area contributed by atoms with Crippen molar-refractivity contribution in [1.82, 2.24) is 4.90 Å². The summed E-state index contributed by atoms with van der Waals surface area (Å²) in [6.07, 6.45) is 0. The third-order valence-corrected chi connectivity index (χ3v) is 3.06. The predicted octanol–water partition coefficient (Wildman–Crippen LogP) is 2.41. The standard InChI is InChI=1S/C13H17Cl2NO4/c1-19-6-4-16(9-13(17)18)5-7-20-12-3-2-10(14)8-11(12)15/h2-3,8H,4-7,9H2,1H3,(H,17,18). The zero-order valence-electron chi connectivity index (χ0n) is 11.1. The van der Waals surface area contributed by atoms with Gasteiger partial charge < -0.3 is 14.6 Å². The molecule has 0 aliphatic heterocycles. The van der Waals surface area contributed by atoms with Gasteiger partial charge in [0.05, 0.1) is 18.2 Å². The molecule has 0 saturated heterocycles. The topological polar surface area (TPSA) is 59.0 Å². The molecular formula is C13H17Cl2NO4. The Hall–Kier alpha value is -1.01. The summed E-state index contributed by atoms with van der Waals surface area (Å²) in [5.74, 6) is -0.358. The summed E-state index contributed by atoms with van der Waals surface area (Å²) in [4.78, 5) is 12.5. The molecule has 1 rings (SSSR count). The van der Waals surface area contributed by atoms with E-state index in [0.717, 1.165) is 0 Å². The first kappa shape index (κ1) is 17.0. The zero-order valence-corrected chi connectivity index (χ0v) is 12.7. The van der Waals surface area contributed by atoms with Crippen LogP contribution in [0.1, 0.15) is 0 Å². The fourth-order valence-corrected chi connectivity index (χ4v) is 2.02. The van der Waals surface area contributed by atoms with Crippen molar-refractivity contribution in [2.45, 2.75) is 0 Å². The van der Waals surface area contributed by atoms with E-state index in [-0.39, 0.29) is 6.54 Å². The molecule has 0 heterocycles. The maximum absolute atomic E-state index is 10.7. The summed E-state index contributed by atoms with van der Waals surface area (Å²) < 4.78 is 10.5. The lowest BCUT2D eigenvalue weighted by atomic mass is 10.3. The molecule has 1 aromatic rings. The molecule has 1 N–H and O–H groups in total. The van der Waals surface area contributed by atoms with Crippen molar-refractivity contribution >= 4 is 29.2 Å². The number of nitrogens with zero attached hydrogens (tertiary/aromatic N) is 1. The van der Waals surface area contributed by atoms with Gasteiger partial charge in [0.25, 0.3) is 0 Å². The minimum atomic E-state index is -0.884. The fraction of sp³-hybridized carbons (Fsp3) is 0.462. The van der Waals surface area contributed by atoms with E-state index in [1.54, 1.807) is 30.2 Å². The molecule has 0 aliphatic carbocycles. The number of hydrogen-bond acceptors (Lipinski definition) is 4. The molecule has 0 amide bonds. The molecule has 0 radical (unpaired) electrons. The lowest BCUT2D eigenvalue weighted by Gasteiger charge is -2.20. The van der Waals surface area contributed by atoms with E-state index in [2.05, 4.69) is 0 Å². The van der Waals surface area contributed by atoms with Crippen molar-refractivity contribution in [2.24, 2.45) is 0 Å². The van der Waals surface area contributed by atoms with Crippen LogP contribution < -0.4 is 4.74 Å². The summed E-state index contributed by atoms with van der Waals surface area (Å²) in [5, 5.41) is 9.78. The highest BCUT2D eigenvalue weighted by atomic mass is 35.5. The Labute approximate surface area is 128 Å². The quantitative estimate of drug-likeness (QED) is 0.756. The smallest absolute Gasteiger partial charge is 0.317 e. The molecule has 0 aromatic heterocycles. The normalized spacial score (nSPS) is 10.8. The molecule has 0 saturated carbocycles. The molecule has 0 atom stereocenters. The zero-order chi connectivity index (χ0) is 15.0. The van der Waals surface area contributed by atoms with E-state index in [4.69, 9.17) is 37.8 Å². The average molecular weight is 322 g/mol. The summed E-state index contributed by atoms with van der Waals surface area (Å²) in [6, 6.07) is 4.96. The third-order valence-electron chi connectivity index (χ3n) is 2.53. The van der Waals surface area contributed by atoms with Crippen molar-refractivity contribution in [3.8, 4) is 5.75 Å². The van der Waals surface area contributed by atoms with Gasteiger partial charge in [0, 0.05) is 25.2 Å². The number of ether oxygens (including phenoxy) is 2. The lowest BCUT2D eigenvalue weighted by molar-refractivity contribution is -0.138. The molecule has 112 valence electrons. The molecule has 7 heteroatoms. The summed E-state index contributed by atoms with van der Waals surface area (Å²) in [7, 11) is 1.57. The number of halogens is 2. The minimum Gasteiger partial charge on any atom is -0.491 e. The first-order valence-electron chi connectivity index (χ1n) is 6.04. The average Bonchev–Trinajstić information content (AvgIpc) is 2.37. The van der Waals surface area contributed by atoms with Crippen LogP contribution in [0.4, 0.5) is 0 Å². The first-order valence-corrected chi connectivity index (χ1v) is 6.79. The number of methoxy groups -OCH3 is 1. The number of carbonyl (C=O) groups is 1. The number of carboxylic acid groups (broad SMARTS) is 1. The molecule has 1 aromatic carbocycles. The van der Waals surface area contributed by atoms with E-state index in [0.29, 0.717) is 42.1 Å². The second-order valence-electron chi connectivity index (χ2n) is 4.09. The van der Waals surface area contributed by atoms with Crippen LogP contribution in [0.15, 0.2) is 18.2 Å². The maximum Gasteiger partial charge on any atom is 0.317 e. The molecule has 20 heavy (non-hydrogen) atoms. The van der Waals surface area contributed by atoms with Crippen LogP contribution in [0.3, 0.4) is 0 Å². The molecule has 0 fully saturated rings. The van der Waals surface area contributed by atoms with Crippen LogP contribution in [-0.4, -0.2) is 55.9 Å². The van der Waals surface area contributed by atoms with Crippen molar-refractivity contribution in [2.75, 3.05) is 40.0 Å². The van der Waals surface area contributed by atoms with Gasteiger partial charge in [-0.1, -0.05) is 23.2 Å². The Morgan fingerprint density at radius 3 is 2.60 bits per heavy atom. The Morgan fingerprint density at radius 1 is 1.30 bits per heavy atom. The fourth-order valence-electron chi connectivity index (χ4n) is 1.56. The highest BCUT2D eigenvalue weighted by molar-refractivity contribution is 6.35. The number of hydrogen-bond donors (Lipinski definition) is 1. The molecule has 0 unspecified atom stereocenters. The van der Waals surface area contributed by atoms with E-state index in [1.165, 1.54) is 0 Å². The second-order valence-corrected chi connectivity index (χ2v) is 4.93. The lowest BCUT2D eigenvalue weighted by Crippen LogP contribution is -2.35. The van der Waals surface area contributed by atoms with Gasteiger partial charge in [0.15, 0.2) is 0 Å². The second kappa shape index (κ2) is 9.02. The highest BCUT2D eigenvalue weighted by Gasteiger charge is 2.10. The van der Waals surface area contributed by atoms with Gasteiger partial charge in [0.1, 0.15) is 12.4 Å². The monoisotopic (exact) mass is 321 g/mol. The van der Waals surface area contributed by atoms with Gasteiger partial charge in [-0.2, -0.15) is 0 Å². The van der Waals surface area contributed by atoms with E-state index in [1.807, 2.05) is 0 Å². The van der Waals surface area contributed by atoms with Gasteiger partial charge in [-0.15, -0.1) is 0 Å². The summed E-state index contributed by atoms with van der Waals surface area (Å²) in [6.45, 7) is 1.74. The summed E-state index contributed by atoms with van der Waals surface area (Å²) in [5.41, 5.74) is 0. The number of carboxylic acids is 1. The van der Waals surface area contributed by atoms with Crippen LogP contribution in [0.5, 0.6) is 5.75 Å². The van der Waals surface area contributed by atoms with E-state index >= 15 is 0 Å². The molecule has 5 nitrogen and oxygen atoms in total. The van der Waals surface area contributed by atoms with Crippen molar-refractivity contribution < 1.29 is 19.4 Å². The Balaban J connectivity index is 2.44. The van der Waals surface area contributed by atoms with Gasteiger partial charge in [0.2, 0.25) is 0 Å². The number of benzene rings is 1. The van der Waals surface area contributed by atoms with Gasteiger partial charge >= 0.3 is 5.97 Å². The third kappa shape index (κ3) is 6.43. The van der Waals surface area contributed by atoms with Crippen LogP contribution in [0, 0.1) is 0 Å². The Kier molecular flexibility index (Phi) is 7.69. The van der Waals surface area contributed by atoms with Crippen LogP contribution in [0.25, 0.3) is 0 Å². The molecule has 0 spiro atoms. The van der Waals surface area contributed by atoms with Gasteiger partial charge in [-0.3, -0.25) is 9.69 Å². The Morgan fingerprint density at radius 2 is 2.00 bits per heavy atom. The van der Waals surface area contributed by atoms with E-state index in [9.17, 15) is 4.79 Å². The largest absolute Gasteiger partial charge is 0.491 e. The SMILES string of the molecule is COCCN(CCOc1ccc(Cl)cc1Cl)CC(=O)O. The Bertz CT molecular complexity index is 442. The minimum absolute atomic E-state index is 0.0545. The molecule has 0 aliphatic rings. The van der Waals surface area contributed by atoms with E-state index < -0.39 is 5.97 Å². The summed E-state index contributed by atoms with van der Waals surface area (Å²) >= 11 is 11.8. The van der Waals surface area contributed by atoms with Gasteiger partial charge in [-0.25, -0.2) is 0 Å².